The first-order chi connectivity index (χ1) is 7.86. The van der Waals surface area contributed by atoms with Crippen LogP contribution in [0.2, 0.25) is 0 Å². The van der Waals surface area contributed by atoms with Gasteiger partial charge in [0, 0.05) is 0 Å². The first-order valence-corrected chi connectivity index (χ1v) is 6.18. The summed E-state index contributed by atoms with van der Waals surface area (Å²) in [5.41, 5.74) is -0.306. The van der Waals surface area contributed by atoms with Gasteiger partial charge in [-0.3, -0.25) is 0 Å². The molecule has 0 bridgehead atoms. The van der Waals surface area contributed by atoms with Crippen molar-refractivity contribution in [3.8, 4) is 0 Å². The molecule has 2 atom stereocenters. The molecule has 0 aromatic rings. The third-order valence-electron chi connectivity index (χ3n) is 2.90. The van der Waals surface area contributed by atoms with Gasteiger partial charge in [0.05, 0.1) is 24.4 Å². The van der Waals surface area contributed by atoms with Gasteiger partial charge in [0.2, 0.25) is 0 Å². The molecule has 0 radical (unpaired) electrons. The average Bonchev–Trinajstić information content (AvgIpc) is 2.70. The maximum Gasteiger partial charge on any atom is 0.100 e. The summed E-state index contributed by atoms with van der Waals surface area (Å²) in [6.45, 7) is 9.38. The average molecular weight is 238 g/mol. The third kappa shape index (κ3) is 3.66. The standard InChI is InChI=1S/C14H22O3/c1-13(2)7-5-11(16-13)9-15-10-12-6-8-14(3,4)17-12/h5-8,11-12H,9-10H2,1-4H3. The zero-order valence-corrected chi connectivity index (χ0v) is 11.1. The van der Waals surface area contributed by atoms with Crippen molar-refractivity contribution in [1.82, 2.24) is 0 Å². The Kier molecular flexibility index (Phi) is 3.43. The van der Waals surface area contributed by atoms with E-state index in [-0.39, 0.29) is 23.4 Å². The fourth-order valence-corrected chi connectivity index (χ4v) is 2.10. The Hall–Kier alpha value is -0.640. The van der Waals surface area contributed by atoms with Gasteiger partial charge in [-0.2, -0.15) is 0 Å². The summed E-state index contributed by atoms with van der Waals surface area (Å²) < 4.78 is 17.2. The molecule has 0 aromatic heterocycles. The number of ether oxygens (including phenoxy) is 3. The largest absolute Gasteiger partial charge is 0.375 e. The van der Waals surface area contributed by atoms with Crippen molar-refractivity contribution in [1.29, 1.82) is 0 Å². The first kappa shape index (κ1) is 12.8. The van der Waals surface area contributed by atoms with Crippen LogP contribution in [-0.4, -0.2) is 36.6 Å². The Bertz CT molecular complexity index is 296. The molecular weight excluding hydrogens is 216 g/mol. The van der Waals surface area contributed by atoms with Crippen molar-refractivity contribution in [2.24, 2.45) is 0 Å². The van der Waals surface area contributed by atoms with Crippen LogP contribution < -0.4 is 0 Å². The van der Waals surface area contributed by atoms with Crippen molar-refractivity contribution >= 4 is 0 Å². The number of hydrogen-bond donors (Lipinski definition) is 0. The monoisotopic (exact) mass is 238 g/mol. The Balaban J connectivity index is 1.65. The van der Waals surface area contributed by atoms with E-state index >= 15 is 0 Å². The van der Waals surface area contributed by atoms with Crippen LogP contribution in [0.15, 0.2) is 24.3 Å². The van der Waals surface area contributed by atoms with Crippen molar-refractivity contribution in [3.63, 3.8) is 0 Å². The topological polar surface area (TPSA) is 27.7 Å². The fourth-order valence-electron chi connectivity index (χ4n) is 2.10. The summed E-state index contributed by atoms with van der Waals surface area (Å²) >= 11 is 0. The van der Waals surface area contributed by atoms with Gasteiger partial charge in [0.1, 0.15) is 12.2 Å². The van der Waals surface area contributed by atoms with Gasteiger partial charge in [0.15, 0.2) is 0 Å². The van der Waals surface area contributed by atoms with Gasteiger partial charge in [-0.25, -0.2) is 0 Å². The number of hydrogen-bond acceptors (Lipinski definition) is 3. The molecule has 2 aliphatic rings. The van der Waals surface area contributed by atoms with Crippen LogP contribution in [-0.2, 0) is 14.2 Å². The molecule has 0 amide bonds. The highest BCUT2D eigenvalue weighted by Crippen LogP contribution is 2.24. The Labute approximate surface area is 103 Å². The highest BCUT2D eigenvalue weighted by Gasteiger charge is 2.28. The SMILES string of the molecule is CC1(C)C=CC(COCC2C=CC(C)(C)O2)O1. The van der Waals surface area contributed by atoms with Gasteiger partial charge in [-0.1, -0.05) is 24.3 Å². The van der Waals surface area contributed by atoms with E-state index in [9.17, 15) is 0 Å². The summed E-state index contributed by atoms with van der Waals surface area (Å²) in [4.78, 5) is 0. The van der Waals surface area contributed by atoms with Crippen LogP contribution in [0, 0.1) is 0 Å². The van der Waals surface area contributed by atoms with E-state index in [2.05, 4.69) is 52.0 Å². The minimum atomic E-state index is -0.153. The second-order valence-corrected chi connectivity index (χ2v) is 5.78. The summed E-state index contributed by atoms with van der Waals surface area (Å²) in [5, 5.41) is 0. The molecule has 0 aliphatic carbocycles. The van der Waals surface area contributed by atoms with E-state index in [1.165, 1.54) is 0 Å². The molecule has 0 saturated carbocycles. The zero-order chi connectivity index (χ0) is 12.5. The lowest BCUT2D eigenvalue weighted by atomic mass is 10.1. The second kappa shape index (κ2) is 4.56. The van der Waals surface area contributed by atoms with E-state index in [4.69, 9.17) is 14.2 Å². The highest BCUT2D eigenvalue weighted by molar-refractivity contribution is 5.09. The Morgan fingerprint density at radius 2 is 1.29 bits per heavy atom. The summed E-state index contributed by atoms with van der Waals surface area (Å²) in [6.07, 6.45) is 8.43. The lowest BCUT2D eigenvalue weighted by molar-refractivity contribution is -0.0724. The quantitative estimate of drug-likeness (QED) is 0.704. The van der Waals surface area contributed by atoms with Crippen molar-refractivity contribution in [2.75, 3.05) is 13.2 Å². The van der Waals surface area contributed by atoms with Crippen molar-refractivity contribution in [2.45, 2.75) is 51.1 Å². The predicted octanol–water partition coefficient (Wildman–Crippen LogP) is 2.47. The molecule has 0 saturated heterocycles. The lowest BCUT2D eigenvalue weighted by Gasteiger charge is -2.21. The van der Waals surface area contributed by atoms with Gasteiger partial charge < -0.3 is 14.2 Å². The van der Waals surface area contributed by atoms with Crippen LogP contribution >= 0.6 is 0 Å². The van der Waals surface area contributed by atoms with Crippen LogP contribution in [0.4, 0.5) is 0 Å². The third-order valence-corrected chi connectivity index (χ3v) is 2.90. The second-order valence-electron chi connectivity index (χ2n) is 5.78. The zero-order valence-electron chi connectivity index (χ0n) is 11.1. The van der Waals surface area contributed by atoms with Gasteiger partial charge in [0.25, 0.3) is 0 Å². The van der Waals surface area contributed by atoms with Crippen molar-refractivity contribution < 1.29 is 14.2 Å². The molecule has 0 spiro atoms. The first-order valence-electron chi connectivity index (χ1n) is 6.18. The van der Waals surface area contributed by atoms with E-state index < -0.39 is 0 Å². The predicted molar refractivity (Wildman–Crippen MR) is 67.0 cm³/mol. The molecule has 0 fully saturated rings. The van der Waals surface area contributed by atoms with Gasteiger partial charge in [-0.15, -0.1) is 0 Å². The molecular formula is C14H22O3. The molecule has 2 rings (SSSR count). The molecule has 96 valence electrons. The summed E-state index contributed by atoms with van der Waals surface area (Å²) in [5.74, 6) is 0. The van der Waals surface area contributed by atoms with Gasteiger partial charge in [-0.05, 0) is 27.7 Å². The fraction of sp³-hybridized carbons (Fsp3) is 0.714. The van der Waals surface area contributed by atoms with Gasteiger partial charge >= 0.3 is 0 Å². The molecule has 2 unspecified atom stereocenters. The maximum atomic E-state index is 5.76. The normalized spacial score (nSPS) is 33.4. The van der Waals surface area contributed by atoms with E-state index in [1.807, 2.05) is 0 Å². The molecule has 2 heterocycles. The smallest absolute Gasteiger partial charge is 0.100 e. The number of rotatable bonds is 4. The minimum Gasteiger partial charge on any atom is -0.375 e. The van der Waals surface area contributed by atoms with Crippen LogP contribution in [0.25, 0.3) is 0 Å². The molecule has 0 N–H and O–H groups in total. The maximum absolute atomic E-state index is 5.76. The molecule has 3 heteroatoms. The highest BCUT2D eigenvalue weighted by atomic mass is 16.6. The lowest BCUT2D eigenvalue weighted by Crippen LogP contribution is -2.27. The summed E-state index contributed by atoms with van der Waals surface area (Å²) in [7, 11) is 0. The van der Waals surface area contributed by atoms with Crippen LogP contribution in [0.1, 0.15) is 27.7 Å². The minimum absolute atomic E-state index is 0.0726. The van der Waals surface area contributed by atoms with Crippen LogP contribution in [0.3, 0.4) is 0 Å². The molecule has 17 heavy (non-hydrogen) atoms. The van der Waals surface area contributed by atoms with Crippen molar-refractivity contribution in [3.05, 3.63) is 24.3 Å². The van der Waals surface area contributed by atoms with E-state index in [0.717, 1.165) is 0 Å². The Morgan fingerprint density at radius 1 is 0.882 bits per heavy atom. The van der Waals surface area contributed by atoms with E-state index in [1.54, 1.807) is 0 Å². The molecule has 2 aliphatic heterocycles. The molecule has 0 aromatic carbocycles. The van der Waals surface area contributed by atoms with Crippen LogP contribution in [0.5, 0.6) is 0 Å². The Morgan fingerprint density at radius 3 is 1.59 bits per heavy atom. The van der Waals surface area contributed by atoms with E-state index in [0.29, 0.717) is 13.2 Å². The summed E-state index contributed by atoms with van der Waals surface area (Å²) in [6, 6.07) is 0. The molecule has 3 nitrogen and oxygen atoms in total.